The van der Waals surface area contributed by atoms with Gasteiger partial charge in [0, 0.05) is 0 Å². The number of aryl methyl sites for hydroxylation is 2. The van der Waals surface area contributed by atoms with E-state index in [0.29, 0.717) is 21.6 Å². The third kappa shape index (κ3) is 2.44. The van der Waals surface area contributed by atoms with Crippen LogP contribution in [0.3, 0.4) is 0 Å². The maximum absolute atomic E-state index is 11.8. The van der Waals surface area contributed by atoms with Crippen LogP contribution < -0.4 is 5.32 Å². The Morgan fingerprint density at radius 3 is 2.31 bits per heavy atom. The molecule has 1 heterocycles. The predicted octanol–water partition coefficient (Wildman–Crippen LogP) is 1.86. The van der Waals surface area contributed by atoms with Gasteiger partial charge in [-0.3, -0.25) is 9.59 Å². The SMILES string of the molecule is Cc1oc(C)c(C(=O)NC(C)C(=O)O)c1Br. The normalized spacial score (nSPS) is 12.2. The quantitative estimate of drug-likeness (QED) is 0.890. The van der Waals surface area contributed by atoms with Crippen molar-refractivity contribution < 1.29 is 19.1 Å². The molecule has 0 radical (unpaired) electrons. The molecule has 0 aromatic carbocycles. The first kappa shape index (κ1) is 12.8. The number of rotatable bonds is 3. The van der Waals surface area contributed by atoms with E-state index >= 15 is 0 Å². The zero-order chi connectivity index (χ0) is 12.5. The fourth-order valence-corrected chi connectivity index (χ4v) is 1.79. The number of carboxylic acids is 1. The summed E-state index contributed by atoms with van der Waals surface area (Å²) in [4.78, 5) is 22.3. The van der Waals surface area contributed by atoms with Gasteiger partial charge in [-0.15, -0.1) is 0 Å². The molecule has 1 amide bonds. The van der Waals surface area contributed by atoms with E-state index in [1.165, 1.54) is 6.92 Å². The highest BCUT2D eigenvalue weighted by Crippen LogP contribution is 2.27. The highest BCUT2D eigenvalue weighted by molar-refractivity contribution is 9.10. The fourth-order valence-electron chi connectivity index (χ4n) is 1.25. The van der Waals surface area contributed by atoms with E-state index in [-0.39, 0.29) is 0 Å². The van der Waals surface area contributed by atoms with Gasteiger partial charge < -0.3 is 14.8 Å². The minimum absolute atomic E-state index is 0.339. The summed E-state index contributed by atoms with van der Waals surface area (Å²) >= 11 is 3.23. The molecule has 0 aliphatic carbocycles. The lowest BCUT2D eigenvalue weighted by Gasteiger charge is -2.08. The zero-order valence-electron chi connectivity index (χ0n) is 9.13. The summed E-state index contributed by atoms with van der Waals surface area (Å²) in [6, 6.07) is -0.936. The number of carbonyl (C=O) groups excluding carboxylic acids is 1. The second kappa shape index (κ2) is 4.69. The molecule has 1 unspecified atom stereocenters. The molecule has 2 N–H and O–H groups in total. The van der Waals surface area contributed by atoms with Gasteiger partial charge in [0.05, 0.1) is 10.0 Å². The molecule has 1 aromatic heterocycles. The molecule has 6 heteroatoms. The minimum atomic E-state index is -1.08. The second-order valence-corrected chi connectivity index (χ2v) is 4.23. The van der Waals surface area contributed by atoms with E-state index in [1.54, 1.807) is 13.8 Å². The van der Waals surface area contributed by atoms with Gasteiger partial charge in [0.25, 0.3) is 5.91 Å². The van der Waals surface area contributed by atoms with Gasteiger partial charge in [0.2, 0.25) is 0 Å². The number of carboxylic acid groups (broad SMARTS) is 1. The summed E-state index contributed by atoms with van der Waals surface area (Å²) in [5.74, 6) is -0.497. The molecule has 88 valence electrons. The first-order valence-corrected chi connectivity index (χ1v) is 5.43. The van der Waals surface area contributed by atoms with Gasteiger partial charge in [-0.05, 0) is 36.7 Å². The number of furan rings is 1. The first-order chi connectivity index (χ1) is 7.34. The Morgan fingerprint density at radius 2 is 1.94 bits per heavy atom. The van der Waals surface area contributed by atoms with Crippen LogP contribution in [0.2, 0.25) is 0 Å². The van der Waals surface area contributed by atoms with Gasteiger partial charge in [-0.25, -0.2) is 0 Å². The van der Waals surface area contributed by atoms with Crippen LogP contribution in [0.5, 0.6) is 0 Å². The van der Waals surface area contributed by atoms with Crippen LogP contribution in [0.25, 0.3) is 0 Å². The van der Waals surface area contributed by atoms with E-state index in [1.807, 2.05) is 0 Å². The number of amides is 1. The maximum Gasteiger partial charge on any atom is 0.325 e. The monoisotopic (exact) mass is 289 g/mol. The van der Waals surface area contributed by atoms with E-state index < -0.39 is 17.9 Å². The number of hydrogen-bond acceptors (Lipinski definition) is 3. The average Bonchev–Trinajstić information content (AvgIpc) is 2.40. The van der Waals surface area contributed by atoms with Crippen molar-refractivity contribution >= 4 is 27.8 Å². The summed E-state index contributed by atoms with van der Waals surface area (Å²) in [6.45, 7) is 4.77. The van der Waals surface area contributed by atoms with Crippen LogP contribution in [0, 0.1) is 13.8 Å². The molecule has 16 heavy (non-hydrogen) atoms. The van der Waals surface area contributed by atoms with Crippen LogP contribution in [0.1, 0.15) is 28.8 Å². The Morgan fingerprint density at radius 1 is 1.38 bits per heavy atom. The van der Waals surface area contributed by atoms with Crippen LogP contribution in [-0.2, 0) is 4.79 Å². The van der Waals surface area contributed by atoms with Crippen molar-refractivity contribution in [3.05, 3.63) is 21.6 Å². The largest absolute Gasteiger partial charge is 0.480 e. The topological polar surface area (TPSA) is 79.5 Å². The molecule has 0 aliphatic heterocycles. The Bertz CT molecular complexity index is 438. The molecule has 0 spiro atoms. The molecular weight excluding hydrogens is 278 g/mol. The molecule has 0 saturated heterocycles. The van der Waals surface area contributed by atoms with Crippen LogP contribution in [0.15, 0.2) is 8.89 Å². The van der Waals surface area contributed by atoms with E-state index in [0.717, 1.165) is 0 Å². The third-order valence-corrected chi connectivity index (χ3v) is 3.09. The van der Waals surface area contributed by atoms with Crippen molar-refractivity contribution in [1.82, 2.24) is 5.32 Å². The van der Waals surface area contributed by atoms with E-state index in [4.69, 9.17) is 9.52 Å². The van der Waals surface area contributed by atoms with Crippen molar-refractivity contribution in [3.63, 3.8) is 0 Å². The third-order valence-electron chi connectivity index (χ3n) is 2.13. The van der Waals surface area contributed by atoms with Gasteiger partial charge in [-0.1, -0.05) is 0 Å². The number of nitrogens with one attached hydrogen (secondary N) is 1. The van der Waals surface area contributed by atoms with Gasteiger partial charge in [-0.2, -0.15) is 0 Å². The number of carbonyl (C=O) groups is 2. The number of halogens is 1. The van der Waals surface area contributed by atoms with Gasteiger partial charge in [0.15, 0.2) is 0 Å². The van der Waals surface area contributed by atoms with E-state index in [2.05, 4.69) is 21.2 Å². The minimum Gasteiger partial charge on any atom is -0.480 e. The van der Waals surface area contributed by atoms with Crippen molar-refractivity contribution in [3.8, 4) is 0 Å². The Balaban J connectivity index is 2.93. The summed E-state index contributed by atoms with van der Waals surface area (Å²) < 4.78 is 5.81. The average molecular weight is 290 g/mol. The van der Waals surface area contributed by atoms with Gasteiger partial charge >= 0.3 is 5.97 Å². The Hall–Kier alpha value is -1.30. The van der Waals surface area contributed by atoms with Crippen molar-refractivity contribution in [1.29, 1.82) is 0 Å². The summed E-state index contributed by atoms with van der Waals surface area (Å²) in [6.07, 6.45) is 0. The highest BCUT2D eigenvalue weighted by atomic mass is 79.9. The smallest absolute Gasteiger partial charge is 0.325 e. The molecule has 1 rings (SSSR count). The summed E-state index contributed by atoms with van der Waals surface area (Å²) in [7, 11) is 0. The number of aliphatic carboxylic acids is 1. The Kier molecular flexibility index (Phi) is 3.74. The molecule has 1 aromatic rings. The molecule has 0 saturated carbocycles. The lowest BCUT2D eigenvalue weighted by molar-refractivity contribution is -0.138. The molecule has 5 nitrogen and oxygen atoms in total. The van der Waals surface area contributed by atoms with Crippen molar-refractivity contribution in [2.45, 2.75) is 26.8 Å². The lowest BCUT2D eigenvalue weighted by atomic mass is 10.2. The highest BCUT2D eigenvalue weighted by Gasteiger charge is 2.22. The van der Waals surface area contributed by atoms with Crippen LogP contribution >= 0.6 is 15.9 Å². The summed E-state index contributed by atoms with van der Waals surface area (Å²) in [5, 5.41) is 11.0. The molecule has 0 aliphatic rings. The fraction of sp³-hybridized carbons (Fsp3) is 0.400. The predicted molar refractivity (Wildman–Crippen MR) is 60.4 cm³/mol. The maximum atomic E-state index is 11.8. The zero-order valence-corrected chi connectivity index (χ0v) is 10.7. The number of hydrogen-bond donors (Lipinski definition) is 2. The van der Waals surface area contributed by atoms with Crippen molar-refractivity contribution in [2.24, 2.45) is 0 Å². The van der Waals surface area contributed by atoms with E-state index in [9.17, 15) is 9.59 Å². The van der Waals surface area contributed by atoms with Gasteiger partial charge in [0.1, 0.15) is 17.6 Å². The molecule has 0 fully saturated rings. The Labute approximate surface area is 101 Å². The lowest BCUT2D eigenvalue weighted by Crippen LogP contribution is -2.38. The second-order valence-electron chi connectivity index (χ2n) is 3.44. The van der Waals surface area contributed by atoms with Crippen LogP contribution in [0.4, 0.5) is 0 Å². The molecule has 0 bridgehead atoms. The summed E-state index contributed by atoms with van der Waals surface area (Å²) in [5.41, 5.74) is 0.339. The standard InChI is InChI=1S/C10H12BrNO4/c1-4(10(14)15)12-9(13)7-5(2)16-6(3)8(7)11/h4H,1-3H3,(H,12,13)(H,14,15). The van der Waals surface area contributed by atoms with Crippen LogP contribution in [-0.4, -0.2) is 23.0 Å². The first-order valence-electron chi connectivity index (χ1n) is 4.63. The van der Waals surface area contributed by atoms with Crippen molar-refractivity contribution in [2.75, 3.05) is 0 Å². The molecule has 1 atom stereocenters. The molecular formula is C10H12BrNO4.